The van der Waals surface area contributed by atoms with Gasteiger partial charge in [-0.1, -0.05) is 11.2 Å². The van der Waals surface area contributed by atoms with Gasteiger partial charge in [0.2, 0.25) is 0 Å². The number of nitrogens with one attached hydrogen (secondary N) is 2. The van der Waals surface area contributed by atoms with Gasteiger partial charge in [0.15, 0.2) is 17.3 Å². The molecule has 0 saturated carbocycles. The lowest BCUT2D eigenvalue weighted by Gasteiger charge is -2.11. The van der Waals surface area contributed by atoms with Gasteiger partial charge >= 0.3 is 0 Å². The van der Waals surface area contributed by atoms with Crippen molar-refractivity contribution in [3.05, 3.63) is 59.5 Å². The van der Waals surface area contributed by atoms with Gasteiger partial charge < -0.3 is 24.6 Å². The highest BCUT2D eigenvalue weighted by atomic mass is 16.5. The van der Waals surface area contributed by atoms with Crippen molar-refractivity contribution < 1.29 is 18.8 Å². The van der Waals surface area contributed by atoms with Gasteiger partial charge in [-0.3, -0.25) is 4.79 Å². The number of aromatic nitrogens is 2. The zero-order valence-corrected chi connectivity index (χ0v) is 15.3. The number of benzene rings is 1. The molecule has 0 aliphatic rings. The van der Waals surface area contributed by atoms with E-state index in [2.05, 4.69) is 20.8 Å². The molecule has 27 heavy (non-hydrogen) atoms. The minimum Gasteiger partial charge on any atom is -0.493 e. The molecule has 2 N–H and O–H groups in total. The number of carbonyl (C=O) groups excluding carboxylic acids is 1. The molecule has 3 rings (SSSR count). The third-order valence-corrected chi connectivity index (χ3v) is 3.82. The number of rotatable bonds is 7. The van der Waals surface area contributed by atoms with Gasteiger partial charge in [0.1, 0.15) is 11.6 Å². The van der Waals surface area contributed by atoms with Gasteiger partial charge in [0.25, 0.3) is 5.91 Å². The molecule has 0 fully saturated rings. The molecule has 0 radical (unpaired) electrons. The SMILES string of the molecule is COc1ccc(CNc2ccc(C(=O)Nc3cc(C)on3)cn2)cc1OC. The molecule has 8 heteroatoms. The topological polar surface area (TPSA) is 98.5 Å². The fourth-order valence-electron chi connectivity index (χ4n) is 2.43. The summed E-state index contributed by atoms with van der Waals surface area (Å²) in [6.07, 6.45) is 1.50. The van der Waals surface area contributed by atoms with E-state index >= 15 is 0 Å². The number of pyridine rings is 1. The minimum absolute atomic E-state index is 0.303. The third kappa shape index (κ3) is 4.55. The van der Waals surface area contributed by atoms with E-state index in [-0.39, 0.29) is 5.91 Å². The molecular formula is C19H20N4O4. The highest BCUT2D eigenvalue weighted by Crippen LogP contribution is 2.27. The Balaban J connectivity index is 1.60. The molecule has 0 aliphatic carbocycles. The summed E-state index contributed by atoms with van der Waals surface area (Å²) in [4.78, 5) is 16.4. The number of anilines is 2. The van der Waals surface area contributed by atoms with Crippen LogP contribution in [0, 0.1) is 6.92 Å². The molecule has 0 aliphatic heterocycles. The van der Waals surface area contributed by atoms with Crippen LogP contribution in [0.3, 0.4) is 0 Å². The number of hydrogen-bond acceptors (Lipinski definition) is 7. The van der Waals surface area contributed by atoms with Gasteiger partial charge in [-0.05, 0) is 36.8 Å². The van der Waals surface area contributed by atoms with Crippen LogP contribution in [0.2, 0.25) is 0 Å². The summed E-state index contributed by atoms with van der Waals surface area (Å²) in [7, 11) is 3.20. The largest absolute Gasteiger partial charge is 0.493 e. The summed E-state index contributed by atoms with van der Waals surface area (Å²) in [5.74, 6) is 2.68. The first-order valence-electron chi connectivity index (χ1n) is 8.24. The number of hydrogen-bond donors (Lipinski definition) is 2. The maximum atomic E-state index is 12.2. The highest BCUT2D eigenvalue weighted by molar-refractivity contribution is 6.03. The Morgan fingerprint density at radius 3 is 2.52 bits per heavy atom. The fourth-order valence-corrected chi connectivity index (χ4v) is 2.43. The zero-order chi connectivity index (χ0) is 19.2. The Morgan fingerprint density at radius 1 is 1.07 bits per heavy atom. The van der Waals surface area contributed by atoms with E-state index in [1.165, 1.54) is 6.20 Å². The van der Waals surface area contributed by atoms with Crippen molar-refractivity contribution in [3.63, 3.8) is 0 Å². The molecule has 0 bridgehead atoms. The molecule has 2 heterocycles. The van der Waals surface area contributed by atoms with Gasteiger partial charge in [-0.2, -0.15) is 0 Å². The minimum atomic E-state index is -0.303. The lowest BCUT2D eigenvalue weighted by molar-refractivity contribution is 0.102. The summed E-state index contributed by atoms with van der Waals surface area (Å²) in [6, 6.07) is 10.8. The highest BCUT2D eigenvalue weighted by Gasteiger charge is 2.10. The lowest BCUT2D eigenvalue weighted by Crippen LogP contribution is -2.12. The predicted octanol–water partition coefficient (Wildman–Crippen LogP) is 3.26. The first-order valence-corrected chi connectivity index (χ1v) is 8.24. The Labute approximate surface area is 156 Å². The van der Waals surface area contributed by atoms with E-state index in [9.17, 15) is 4.79 Å². The van der Waals surface area contributed by atoms with E-state index in [0.29, 0.717) is 41.0 Å². The molecule has 1 amide bonds. The smallest absolute Gasteiger partial charge is 0.258 e. The predicted molar refractivity (Wildman–Crippen MR) is 100 cm³/mol. The monoisotopic (exact) mass is 368 g/mol. The molecule has 8 nitrogen and oxygen atoms in total. The van der Waals surface area contributed by atoms with Crippen LogP contribution in [0.5, 0.6) is 11.5 Å². The fraction of sp³-hybridized carbons (Fsp3) is 0.211. The van der Waals surface area contributed by atoms with Crippen LogP contribution in [0.4, 0.5) is 11.6 Å². The lowest BCUT2D eigenvalue weighted by atomic mass is 10.2. The van der Waals surface area contributed by atoms with Gasteiger partial charge in [0, 0.05) is 18.8 Å². The average molecular weight is 368 g/mol. The molecule has 0 spiro atoms. The Morgan fingerprint density at radius 2 is 1.89 bits per heavy atom. The second-order valence-corrected chi connectivity index (χ2v) is 5.75. The Bertz CT molecular complexity index is 922. The summed E-state index contributed by atoms with van der Waals surface area (Å²) >= 11 is 0. The molecule has 0 atom stereocenters. The standard InChI is InChI=1S/C19H20N4O4/c1-12-8-18(23-27-12)22-19(24)14-5-7-17(21-11-14)20-10-13-4-6-15(25-2)16(9-13)26-3/h4-9,11H,10H2,1-3H3,(H,20,21)(H,22,23,24). The van der Waals surface area contributed by atoms with Crippen molar-refractivity contribution in [2.45, 2.75) is 13.5 Å². The van der Waals surface area contributed by atoms with E-state index in [1.54, 1.807) is 39.3 Å². The van der Waals surface area contributed by atoms with Crippen molar-refractivity contribution in [1.29, 1.82) is 0 Å². The van der Waals surface area contributed by atoms with Crippen molar-refractivity contribution in [1.82, 2.24) is 10.1 Å². The van der Waals surface area contributed by atoms with Crippen molar-refractivity contribution in [2.75, 3.05) is 24.9 Å². The maximum absolute atomic E-state index is 12.2. The Kier molecular flexibility index (Phi) is 5.55. The van der Waals surface area contributed by atoms with Crippen LogP contribution in [0.15, 0.2) is 47.1 Å². The second kappa shape index (κ2) is 8.22. The molecule has 0 saturated heterocycles. The number of amides is 1. The number of methoxy groups -OCH3 is 2. The average Bonchev–Trinajstić information content (AvgIpc) is 3.11. The molecule has 140 valence electrons. The van der Waals surface area contributed by atoms with Crippen LogP contribution in [0.25, 0.3) is 0 Å². The van der Waals surface area contributed by atoms with Crippen LogP contribution in [0.1, 0.15) is 21.7 Å². The van der Waals surface area contributed by atoms with Crippen LogP contribution < -0.4 is 20.1 Å². The van der Waals surface area contributed by atoms with E-state index < -0.39 is 0 Å². The summed E-state index contributed by atoms with van der Waals surface area (Å²) in [5, 5.41) is 9.58. The van der Waals surface area contributed by atoms with Gasteiger partial charge in [-0.25, -0.2) is 4.98 Å². The zero-order valence-electron chi connectivity index (χ0n) is 15.3. The second-order valence-electron chi connectivity index (χ2n) is 5.75. The van der Waals surface area contributed by atoms with Crippen LogP contribution in [-0.4, -0.2) is 30.3 Å². The first-order chi connectivity index (χ1) is 13.1. The van der Waals surface area contributed by atoms with Crippen molar-refractivity contribution in [2.24, 2.45) is 0 Å². The molecule has 1 aromatic carbocycles. The quantitative estimate of drug-likeness (QED) is 0.660. The third-order valence-electron chi connectivity index (χ3n) is 3.82. The normalized spacial score (nSPS) is 10.3. The van der Waals surface area contributed by atoms with Gasteiger partial charge in [-0.15, -0.1) is 0 Å². The van der Waals surface area contributed by atoms with E-state index in [1.807, 2.05) is 18.2 Å². The summed E-state index contributed by atoms with van der Waals surface area (Å²) in [6.45, 7) is 2.31. The Hall–Kier alpha value is -3.55. The molecular weight excluding hydrogens is 348 g/mol. The van der Waals surface area contributed by atoms with E-state index in [4.69, 9.17) is 14.0 Å². The first kappa shape index (κ1) is 18.2. The van der Waals surface area contributed by atoms with Crippen molar-refractivity contribution >= 4 is 17.5 Å². The van der Waals surface area contributed by atoms with Crippen LogP contribution in [-0.2, 0) is 6.54 Å². The van der Waals surface area contributed by atoms with E-state index in [0.717, 1.165) is 5.56 Å². The molecule has 3 aromatic rings. The van der Waals surface area contributed by atoms with Crippen molar-refractivity contribution in [3.8, 4) is 11.5 Å². The molecule has 0 unspecified atom stereocenters. The van der Waals surface area contributed by atoms with Gasteiger partial charge in [0.05, 0.1) is 19.8 Å². The summed E-state index contributed by atoms with van der Waals surface area (Å²) in [5.41, 5.74) is 1.44. The molecule has 2 aromatic heterocycles. The maximum Gasteiger partial charge on any atom is 0.258 e. The number of aryl methyl sites for hydroxylation is 1. The number of carbonyl (C=O) groups is 1. The van der Waals surface area contributed by atoms with Crippen LogP contribution >= 0.6 is 0 Å². The number of ether oxygens (including phenoxy) is 2. The summed E-state index contributed by atoms with van der Waals surface area (Å²) < 4.78 is 15.4. The number of nitrogens with zero attached hydrogens (tertiary/aromatic N) is 2.